The molecule has 1 aromatic carbocycles. The zero-order chi connectivity index (χ0) is 15.4. The van der Waals surface area contributed by atoms with E-state index in [0.717, 1.165) is 31.5 Å². The fourth-order valence-corrected chi connectivity index (χ4v) is 4.13. The Balaban J connectivity index is 1.50. The summed E-state index contributed by atoms with van der Waals surface area (Å²) in [6, 6.07) is 7.58. The van der Waals surface area contributed by atoms with Crippen molar-refractivity contribution in [2.24, 2.45) is 11.8 Å². The molecule has 122 valence electrons. The van der Waals surface area contributed by atoms with Crippen LogP contribution in [-0.2, 0) is 6.54 Å². The van der Waals surface area contributed by atoms with Crippen LogP contribution in [0.2, 0.25) is 0 Å². The lowest BCUT2D eigenvalue weighted by Crippen LogP contribution is -2.49. The molecule has 3 rings (SSSR count). The molecule has 0 amide bonds. The van der Waals surface area contributed by atoms with Crippen molar-refractivity contribution in [2.45, 2.75) is 51.6 Å². The zero-order valence-corrected chi connectivity index (χ0v) is 13.7. The van der Waals surface area contributed by atoms with Gasteiger partial charge in [-0.2, -0.15) is 0 Å². The quantitative estimate of drug-likeness (QED) is 0.890. The Hall–Kier alpha value is -0.930. The van der Waals surface area contributed by atoms with Crippen molar-refractivity contribution in [1.29, 1.82) is 0 Å². The molecule has 1 heterocycles. The van der Waals surface area contributed by atoms with E-state index in [2.05, 4.69) is 17.1 Å². The molecule has 2 fully saturated rings. The van der Waals surface area contributed by atoms with Gasteiger partial charge in [0.1, 0.15) is 5.82 Å². The van der Waals surface area contributed by atoms with E-state index in [1.54, 1.807) is 12.1 Å². The summed E-state index contributed by atoms with van der Waals surface area (Å²) in [5, 5.41) is 3.82. The summed E-state index contributed by atoms with van der Waals surface area (Å²) >= 11 is 0. The number of halogens is 1. The SMILES string of the molecule is CC1CC(NCC2CCCC2)CN(Cc2ccc(F)cc2)C1. The van der Waals surface area contributed by atoms with E-state index in [4.69, 9.17) is 0 Å². The lowest BCUT2D eigenvalue weighted by atomic mass is 9.95. The molecule has 0 aromatic heterocycles. The molecular formula is C19H29FN2. The summed E-state index contributed by atoms with van der Waals surface area (Å²) in [7, 11) is 0. The van der Waals surface area contributed by atoms with E-state index in [1.807, 2.05) is 12.1 Å². The predicted octanol–water partition coefficient (Wildman–Crippen LogP) is 3.82. The van der Waals surface area contributed by atoms with E-state index >= 15 is 0 Å². The number of hydrogen-bond donors (Lipinski definition) is 1. The van der Waals surface area contributed by atoms with E-state index in [0.29, 0.717) is 6.04 Å². The largest absolute Gasteiger partial charge is 0.312 e. The number of nitrogens with one attached hydrogen (secondary N) is 1. The van der Waals surface area contributed by atoms with Gasteiger partial charge in [0.25, 0.3) is 0 Å². The van der Waals surface area contributed by atoms with Crippen LogP contribution >= 0.6 is 0 Å². The smallest absolute Gasteiger partial charge is 0.123 e. The third kappa shape index (κ3) is 4.53. The van der Waals surface area contributed by atoms with Gasteiger partial charge in [-0.1, -0.05) is 31.9 Å². The highest BCUT2D eigenvalue weighted by Gasteiger charge is 2.25. The second kappa shape index (κ2) is 7.56. The topological polar surface area (TPSA) is 15.3 Å². The van der Waals surface area contributed by atoms with Crippen molar-refractivity contribution in [2.75, 3.05) is 19.6 Å². The third-order valence-electron chi connectivity index (χ3n) is 5.22. The fraction of sp³-hybridized carbons (Fsp3) is 0.684. The van der Waals surface area contributed by atoms with Crippen molar-refractivity contribution < 1.29 is 4.39 Å². The van der Waals surface area contributed by atoms with Crippen molar-refractivity contribution in [3.63, 3.8) is 0 Å². The summed E-state index contributed by atoms with van der Waals surface area (Å²) in [6.07, 6.45) is 6.95. The molecule has 1 aliphatic heterocycles. The van der Waals surface area contributed by atoms with Crippen molar-refractivity contribution in [1.82, 2.24) is 10.2 Å². The molecule has 1 aromatic rings. The highest BCUT2D eigenvalue weighted by molar-refractivity contribution is 5.16. The molecular weight excluding hydrogens is 275 g/mol. The number of nitrogens with zero attached hydrogens (tertiary/aromatic N) is 1. The van der Waals surface area contributed by atoms with Gasteiger partial charge in [0, 0.05) is 25.7 Å². The maximum absolute atomic E-state index is 13.0. The molecule has 3 heteroatoms. The van der Waals surface area contributed by atoms with Crippen LogP contribution in [0.25, 0.3) is 0 Å². The first kappa shape index (κ1) is 15.9. The molecule has 1 saturated heterocycles. The van der Waals surface area contributed by atoms with Gasteiger partial charge >= 0.3 is 0 Å². The van der Waals surface area contributed by atoms with Gasteiger partial charge in [-0.3, -0.25) is 4.90 Å². The molecule has 22 heavy (non-hydrogen) atoms. The standard InChI is InChI=1S/C19H29FN2/c1-15-10-19(21-11-16-4-2-3-5-16)14-22(12-15)13-17-6-8-18(20)9-7-17/h6-9,15-16,19,21H,2-5,10-14H2,1H3. The number of likely N-dealkylation sites (tertiary alicyclic amines) is 1. The van der Waals surface area contributed by atoms with Crippen LogP contribution in [0.5, 0.6) is 0 Å². The van der Waals surface area contributed by atoms with Crippen LogP contribution < -0.4 is 5.32 Å². The van der Waals surface area contributed by atoms with Crippen LogP contribution in [-0.4, -0.2) is 30.6 Å². The Morgan fingerprint density at radius 2 is 1.86 bits per heavy atom. The number of benzene rings is 1. The Morgan fingerprint density at radius 3 is 2.59 bits per heavy atom. The van der Waals surface area contributed by atoms with Gasteiger partial charge in [0.15, 0.2) is 0 Å². The van der Waals surface area contributed by atoms with Gasteiger partial charge < -0.3 is 5.32 Å². The van der Waals surface area contributed by atoms with Gasteiger partial charge in [-0.05, 0) is 55.3 Å². The van der Waals surface area contributed by atoms with Crippen molar-refractivity contribution in [3.8, 4) is 0 Å². The van der Waals surface area contributed by atoms with Crippen molar-refractivity contribution in [3.05, 3.63) is 35.6 Å². The lowest BCUT2D eigenvalue weighted by molar-refractivity contribution is 0.140. The molecule has 1 saturated carbocycles. The summed E-state index contributed by atoms with van der Waals surface area (Å²) in [4.78, 5) is 2.52. The minimum Gasteiger partial charge on any atom is -0.312 e. The summed E-state index contributed by atoms with van der Waals surface area (Å²) in [5.74, 6) is 1.49. The van der Waals surface area contributed by atoms with E-state index in [1.165, 1.54) is 44.2 Å². The molecule has 2 nitrogen and oxygen atoms in total. The monoisotopic (exact) mass is 304 g/mol. The zero-order valence-electron chi connectivity index (χ0n) is 13.7. The van der Waals surface area contributed by atoms with E-state index in [9.17, 15) is 4.39 Å². The molecule has 1 N–H and O–H groups in total. The second-order valence-corrected chi connectivity index (χ2v) is 7.42. The molecule has 0 radical (unpaired) electrons. The van der Waals surface area contributed by atoms with Gasteiger partial charge in [0.05, 0.1) is 0 Å². The third-order valence-corrected chi connectivity index (χ3v) is 5.22. The lowest BCUT2D eigenvalue weighted by Gasteiger charge is -2.37. The highest BCUT2D eigenvalue weighted by Crippen LogP contribution is 2.25. The average molecular weight is 304 g/mol. The minimum absolute atomic E-state index is 0.146. The van der Waals surface area contributed by atoms with Crippen LogP contribution in [0.4, 0.5) is 4.39 Å². The van der Waals surface area contributed by atoms with Gasteiger partial charge in [0.2, 0.25) is 0 Å². The molecule has 2 unspecified atom stereocenters. The van der Waals surface area contributed by atoms with Crippen LogP contribution in [0, 0.1) is 17.7 Å². The number of hydrogen-bond acceptors (Lipinski definition) is 2. The molecule has 1 aliphatic carbocycles. The Labute approximate surface area is 134 Å². The molecule has 0 bridgehead atoms. The van der Waals surface area contributed by atoms with Gasteiger partial charge in [-0.25, -0.2) is 4.39 Å². The molecule has 2 atom stereocenters. The number of piperidine rings is 1. The molecule has 0 spiro atoms. The predicted molar refractivity (Wildman–Crippen MR) is 89.2 cm³/mol. The number of rotatable bonds is 5. The van der Waals surface area contributed by atoms with Crippen LogP contribution in [0.1, 0.15) is 44.6 Å². The summed E-state index contributed by atoms with van der Waals surface area (Å²) < 4.78 is 13.0. The Morgan fingerprint density at radius 1 is 1.14 bits per heavy atom. The minimum atomic E-state index is -0.146. The first-order valence-corrected chi connectivity index (χ1v) is 8.89. The Bertz CT molecular complexity index is 453. The molecule has 2 aliphatic rings. The fourth-order valence-electron chi connectivity index (χ4n) is 4.13. The van der Waals surface area contributed by atoms with Crippen LogP contribution in [0.15, 0.2) is 24.3 Å². The van der Waals surface area contributed by atoms with E-state index in [-0.39, 0.29) is 5.82 Å². The van der Waals surface area contributed by atoms with Gasteiger partial charge in [-0.15, -0.1) is 0 Å². The first-order valence-electron chi connectivity index (χ1n) is 8.89. The summed E-state index contributed by atoms with van der Waals surface area (Å²) in [6.45, 7) is 6.75. The maximum Gasteiger partial charge on any atom is 0.123 e. The Kier molecular flexibility index (Phi) is 5.48. The van der Waals surface area contributed by atoms with Crippen molar-refractivity contribution >= 4 is 0 Å². The van der Waals surface area contributed by atoms with Crippen LogP contribution in [0.3, 0.4) is 0 Å². The average Bonchev–Trinajstić information content (AvgIpc) is 3.00. The maximum atomic E-state index is 13.0. The summed E-state index contributed by atoms with van der Waals surface area (Å²) in [5.41, 5.74) is 1.21. The first-order chi connectivity index (χ1) is 10.7. The second-order valence-electron chi connectivity index (χ2n) is 7.42. The highest BCUT2D eigenvalue weighted by atomic mass is 19.1. The van der Waals surface area contributed by atoms with E-state index < -0.39 is 0 Å². The normalized spacial score (nSPS) is 27.4.